The zero-order chi connectivity index (χ0) is 20.2. The Morgan fingerprint density at radius 3 is 2.62 bits per heavy atom. The van der Waals surface area contributed by atoms with Crippen LogP contribution in [0.1, 0.15) is 29.2 Å². The van der Waals surface area contributed by atoms with Crippen LogP contribution in [0.4, 0.5) is 0 Å². The summed E-state index contributed by atoms with van der Waals surface area (Å²) in [7, 11) is 0. The second kappa shape index (κ2) is 8.31. The Bertz CT molecular complexity index is 1090. The Kier molecular flexibility index (Phi) is 5.42. The molecule has 0 aliphatic rings. The Labute approximate surface area is 170 Å². The topological polar surface area (TPSA) is 75.6 Å². The van der Waals surface area contributed by atoms with Crippen LogP contribution in [-0.2, 0) is 17.6 Å². The van der Waals surface area contributed by atoms with Crippen molar-refractivity contribution in [2.45, 2.75) is 33.1 Å². The number of nitrogens with one attached hydrogen (secondary N) is 2. The molecule has 148 valence electrons. The van der Waals surface area contributed by atoms with Gasteiger partial charge in [0, 0.05) is 24.2 Å². The number of rotatable bonds is 7. The van der Waals surface area contributed by atoms with Gasteiger partial charge in [-0.3, -0.25) is 4.79 Å². The van der Waals surface area contributed by atoms with Crippen molar-refractivity contribution in [3.05, 3.63) is 77.4 Å². The molecule has 6 heteroatoms. The van der Waals surface area contributed by atoms with E-state index >= 15 is 0 Å². The van der Waals surface area contributed by atoms with Crippen LogP contribution in [0, 0.1) is 13.8 Å². The van der Waals surface area contributed by atoms with Crippen molar-refractivity contribution in [3.8, 4) is 5.69 Å². The molecule has 1 amide bonds. The highest BCUT2D eigenvalue weighted by Gasteiger charge is 2.15. The fourth-order valence-electron chi connectivity index (χ4n) is 3.58. The first-order valence-electron chi connectivity index (χ1n) is 9.92. The van der Waals surface area contributed by atoms with Gasteiger partial charge in [-0.2, -0.15) is 5.10 Å². The first kappa shape index (κ1) is 18.9. The number of aromatic nitrogens is 4. The molecule has 0 bridgehead atoms. The van der Waals surface area contributed by atoms with Crippen molar-refractivity contribution in [1.82, 2.24) is 25.1 Å². The van der Waals surface area contributed by atoms with E-state index < -0.39 is 0 Å². The Balaban J connectivity index is 1.31. The lowest BCUT2D eigenvalue weighted by atomic mass is 10.1. The maximum absolute atomic E-state index is 12.4. The average Bonchev–Trinajstić information content (AvgIpc) is 3.27. The fourth-order valence-corrected chi connectivity index (χ4v) is 3.58. The number of amides is 1. The van der Waals surface area contributed by atoms with Crippen LogP contribution in [-0.4, -0.2) is 32.2 Å². The van der Waals surface area contributed by atoms with Crippen LogP contribution in [0.15, 0.2) is 54.6 Å². The number of para-hydroxylation sites is 3. The molecule has 0 saturated heterocycles. The quantitative estimate of drug-likeness (QED) is 0.475. The number of aromatic amines is 1. The van der Waals surface area contributed by atoms with Crippen molar-refractivity contribution >= 4 is 16.9 Å². The third-order valence-electron chi connectivity index (χ3n) is 5.13. The number of nitrogens with zero attached hydrogens (tertiary/aromatic N) is 3. The largest absolute Gasteiger partial charge is 0.356 e. The number of aryl methyl sites for hydroxylation is 2. The number of imidazole rings is 1. The monoisotopic (exact) mass is 387 g/mol. The Hall–Kier alpha value is -3.41. The standard InChI is InChI=1S/C23H25N5O/c1-16-19(17(2)28(27-16)18-9-4-3-5-10-18)15-23(29)24-14-8-13-22-25-20-11-6-7-12-21(20)26-22/h3-7,9-12H,8,13-15H2,1-2H3,(H,24,29)(H,25,26). The van der Waals surface area contributed by atoms with Gasteiger partial charge in [0.05, 0.1) is 28.8 Å². The third kappa shape index (κ3) is 4.21. The van der Waals surface area contributed by atoms with Crippen LogP contribution < -0.4 is 5.32 Å². The van der Waals surface area contributed by atoms with Gasteiger partial charge < -0.3 is 10.3 Å². The zero-order valence-corrected chi connectivity index (χ0v) is 16.8. The lowest BCUT2D eigenvalue weighted by molar-refractivity contribution is -0.120. The smallest absolute Gasteiger partial charge is 0.224 e. The first-order chi connectivity index (χ1) is 14.1. The summed E-state index contributed by atoms with van der Waals surface area (Å²) in [6.45, 7) is 4.59. The predicted molar refractivity (Wildman–Crippen MR) is 114 cm³/mol. The van der Waals surface area contributed by atoms with Crippen LogP contribution in [0.25, 0.3) is 16.7 Å². The van der Waals surface area contributed by atoms with Crippen molar-refractivity contribution in [1.29, 1.82) is 0 Å². The summed E-state index contributed by atoms with van der Waals surface area (Å²) in [5.41, 5.74) is 5.92. The molecule has 0 atom stereocenters. The first-order valence-corrected chi connectivity index (χ1v) is 9.92. The van der Waals surface area contributed by atoms with Crippen LogP contribution in [0.5, 0.6) is 0 Å². The van der Waals surface area contributed by atoms with Crippen LogP contribution >= 0.6 is 0 Å². The highest BCUT2D eigenvalue weighted by Crippen LogP contribution is 2.18. The maximum Gasteiger partial charge on any atom is 0.224 e. The second-order valence-electron chi connectivity index (χ2n) is 7.23. The van der Waals surface area contributed by atoms with Gasteiger partial charge in [0.1, 0.15) is 5.82 Å². The van der Waals surface area contributed by atoms with E-state index in [9.17, 15) is 4.79 Å². The number of H-pyrrole nitrogens is 1. The number of benzene rings is 2. The van der Waals surface area contributed by atoms with E-state index in [0.717, 1.165) is 52.3 Å². The maximum atomic E-state index is 12.4. The summed E-state index contributed by atoms with van der Waals surface area (Å²) in [5, 5.41) is 7.64. The fraction of sp³-hybridized carbons (Fsp3) is 0.261. The molecule has 2 N–H and O–H groups in total. The molecule has 4 rings (SSSR count). The molecule has 0 spiro atoms. The van der Waals surface area contributed by atoms with Gasteiger partial charge in [-0.25, -0.2) is 9.67 Å². The number of hydrogen-bond donors (Lipinski definition) is 2. The number of hydrogen-bond acceptors (Lipinski definition) is 3. The molecule has 4 aromatic rings. The summed E-state index contributed by atoms with van der Waals surface area (Å²) in [6.07, 6.45) is 1.99. The van der Waals surface area contributed by atoms with E-state index in [2.05, 4.69) is 20.4 Å². The van der Waals surface area contributed by atoms with Gasteiger partial charge in [-0.05, 0) is 44.5 Å². The minimum atomic E-state index is 0.0217. The number of carbonyl (C=O) groups is 1. The van der Waals surface area contributed by atoms with Gasteiger partial charge >= 0.3 is 0 Å². The lowest BCUT2D eigenvalue weighted by Gasteiger charge is -2.06. The summed E-state index contributed by atoms with van der Waals surface area (Å²) in [5.74, 6) is 0.977. The predicted octanol–water partition coefficient (Wildman–Crippen LogP) is 3.66. The Morgan fingerprint density at radius 2 is 1.83 bits per heavy atom. The zero-order valence-electron chi connectivity index (χ0n) is 16.8. The van der Waals surface area contributed by atoms with Gasteiger partial charge in [0.25, 0.3) is 0 Å². The van der Waals surface area contributed by atoms with Crippen molar-refractivity contribution in [2.75, 3.05) is 6.54 Å². The summed E-state index contributed by atoms with van der Waals surface area (Å²) >= 11 is 0. The molecule has 2 aromatic carbocycles. The van der Waals surface area contributed by atoms with E-state index in [0.29, 0.717) is 13.0 Å². The molecule has 0 unspecified atom stereocenters. The molecule has 2 heterocycles. The van der Waals surface area contributed by atoms with Crippen molar-refractivity contribution in [3.63, 3.8) is 0 Å². The van der Waals surface area contributed by atoms with Crippen LogP contribution in [0.3, 0.4) is 0 Å². The van der Waals surface area contributed by atoms with Crippen molar-refractivity contribution < 1.29 is 4.79 Å². The highest BCUT2D eigenvalue weighted by atomic mass is 16.1. The van der Waals surface area contributed by atoms with E-state index in [4.69, 9.17) is 0 Å². The normalized spacial score (nSPS) is 11.1. The minimum Gasteiger partial charge on any atom is -0.356 e. The molecule has 0 aliphatic heterocycles. The van der Waals surface area contributed by atoms with E-state index in [1.54, 1.807) is 0 Å². The van der Waals surface area contributed by atoms with E-state index in [1.165, 1.54) is 0 Å². The molecule has 2 aromatic heterocycles. The highest BCUT2D eigenvalue weighted by molar-refractivity contribution is 5.79. The van der Waals surface area contributed by atoms with E-state index in [1.807, 2.05) is 73.1 Å². The molecular weight excluding hydrogens is 362 g/mol. The lowest BCUT2D eigenvalue weighted by Crippen LogP contribution is -2.26. The van der Waals surface area contributed by atoms with Gasteiger partial charge in [-0.1, -0.05) is 30.3 Å². The van der Waals surface area contributed by atoms with Gasteiger partial charge in [-0.15, -0.1) is 0 Å². The third-order valence-corrected chi connectivity index (χ3v) is 5.13. The summed E-state index contributed by atoms with van der Waals surface area (Å²) < 4.78 is 1.90. The molecule has 29 heavy (non-hydrogen) atoms. The molecule has 0 fully saturated rings. The minimum absolute atomic E-state index is 0.0217. The average molecular weight is 387 g/mol. The SMILES string of the molecule is Cc1nn(-c2ccccc2)c(C)c1CC(=O)NCCCc1nc2ccccc2[nH]1. The van der Waals surface area contributed by atoms with Crippen molar-refractivity contribution in [2.24, 2.45) is 0 Å². The van der Waals surface area contributed by atoms with E-state index in [-0.39, 0.29) is 5.91 Å². The van der Waals surface area contributed by atoms with Crippen LogP contribution in [0.2, 0.25) is 0 Å². The number of fused-ring (bicyclic) bond motifs is 1. The number of carbonyl (C=O) groups excluding carboxylic acids is 1. The Morgan fingerprint density at radius 1 is 1.07 bits per heavy atom. The molecule has 0 saturated carbocycles. The molecule has 0 radical (unpaired) electrons. The molecule has 6 nitrogen and oxygen atoms in total. The van der Waals surface area contributed by atoms with Gasteiger partial charge in [0.2, 0.25) is 5.91 Å². The molecular formula is C23H25N5O. The second-order valence-corrected chi connectivity index (χ2v) is 7.23. The summed E-state index contributed by atoms with van der Waals surface area (Å²) in [4.78, 5) is 20.3. The molecule has 0 aliphatic carbocycles. The van der Waals surface area contributed by atoms with Gasteiger partial charge in [0.15, 0.2) is 0 Å². The summed E-state index contributed by atoms with van der Waals surface area (Å²) in [6, 6.07) is 18.0.